The maximum atomic E-state index is 11.6. The molecule has 0 aliphatic carbocycles. The van der Waals surface area contributed by atoms with Crippen molar-refractivity contribution in [3.63, 3.8) is 0 Å². The normalized spacial score (nSPS) is 11.7. The van der Waals surface area contributed by atoms with Crippen molar-refractivity contribution in [1.82, 2.24) is 9.55 Å². The van der Waals surface area contributed by atoms with E-state index in [0.29, 0.717) is 0 Å². The molecule has 4 nitrogen and oxygen atoms in total. The molecule has 90 valence electrons. The summed E-state index contributed by atoms with van der Waals surface area (Å²) in [6.45, 7) is 3.92. The summed E-state index contributed by atoms with van der Waals surface area (Å²) in [5, 5.41) is 0.0752. The molecule has 0 fully saturated rings. The smallest absolute Gasteiger partial charge is 0.231 e. The summed E-state index contributed by atoms with van der Waals surface area (Å²) >= 11 is 0. The van der Waals surface area contributed by atoms with Gasteiger partial charge < -0.3 is 0 Å². The lowest BCUT2D eigenvalue weighted by Crippen LogP contribution is -2.08. The third-order valence-corrected chi connectivity index (χ3v) is 3.53. The molecule has 17 heavy (non-hydrogen) atoms. The van der Waals surface area contributed by atoms with Gasteiger partial charge in [-0.25, -0.2) is 13.4 Å². The number of aromatic nitrogens is 2. The molecular formula is C12H14N2O2S. The Labute approximate surface area is 101 Å². The first-order valence-electron chi connectivity index (χ1n) is 5.20. The maximum absolute atomic E-state index is 11.6. The van der Waals surface area contributed by atoms with Crippen LogP contribution < -0.4 is 0 Å². The van der Waals surface area contributed by atoms with Crippen LogP contribution in [-0.4, -0.2) is 24.2 Å². The van der Waals surface area contributed by atoms with Crippen LogP contribution in [0.25, 0.3) is 5.69 Å². The number of nitrogens with zero attached hydrogens (tertiary/aromatic N) is 2. The molecule has 1 heterocycles. The van der Waals surface area contributed by atoms with Gasteiger partial charge in [0.2, 0.25) is 15.0 Å². The van der Waals surface area contributed by atoms with E-state index in [0.717, 1.165) is 23.1 Å². The summed E-state index contributed by atoms with van der Waals surface area (Å²) < 4.78 is 24.8. The molecule has 2 rings (SSSR count). The molecule has 0 bridgehead atoms. The lowest BCUT2D eigenvalue weighted by atomic mass is 10.1. The number of benzene rings is 1. The van der Waals surface area contributed by atoms with Crippen LogP contribution >= 0.6 is 0 Å². The fourth-order valence-electron chi connectivity index (χ4n) is 1.73. The molecular weight excluding hydrogens is 236 g/mol. The molecule has 2 aromatic rings. The van der Waals surface area contributed by atoms with Crippen molar-refractivity contribution >= 4 is 9.84 Å². The van der Waals surface area contributed by atoms with Crippen LogP contribution in [0.15, 0.2) is 35.7 Å². The summed E-state index contributed by atoms with van der Waals surface area (Å²) in [7, 11) is -3.32. The summed E-state index contributed by atoms with van der Waals surface area (Å²) in [5.41, 5.74) is 2.94. The molecule has 5 heteroatoms. The minimum absolute atomic E-state index is 0.0752. The number of rotatable bonds is 2. The molecule has 1 aromatic heterocycles. The van der Waals surface area contributed by atoms with E-state index in [1.54, 1.807) is 10.8 Å². The number of imidazole rings is 1. The zero-order valence-electron chi connectivity index (χ0n) is 10.0. The van der Waals surface area contributed by atoms with Gasteiger partial charge in [0.1, 0.15) is 0 Å². The Morgan fingerprint density at radius 3 is 2.59 bits per heavy atom. The first-order chi connectivity index (χ1) is 7.89. The Hall–Kier alpha value is -1.62. The van der Waals surface area contributed by atoms with Crippen LogP contribution in [0, 0.1) is 13.8 Å². The predicted molar refractivity (Wildman–Crippen MR) is 66.1 cm³/mol. The van der Waals surface area contributed by atoms with Gasteiger partial charge in [0.15, 0.2) is 0 Å². The van der Waals surface area contributed by atoms with Crippen molar-refractivity contribution in [2.75, 3.05) is 6.26 Å². The van der Waals surface area contributed by atoms with E-state index in [-0.39, 0.29) is 5.16 Å². The number of sulfone groups is 1. The summed E-state index contributed by atoms with van der Waals surface area (Å²) in [6.07, 6.45) is 4.33. The fourth-order valence-corrected chi connectivity index (χ4v) is 2.50. The Morgan fingerprint density at radius 2 is 1.94 bits per heavy atom. The van der Waals surface area contributed by atoms with Gasteiger partial charge in [-0.3, -0.25) is 4.57 Å². The molecule has 0 aliphatic rings. The molecule has 0 saturated heterocycles. The van der Waals surface area contributed by atoms with Gasteiger partial charge in [0, 0.05) is 18.6 Å². The van der Waals surface area contributed by atoms with Crippen molar-refractivity contribution in [1.29, 1.82) is 0 Å². The van der Waals surface area contributed by atoms with Crippen molar-refractivity contribution in [2.45, 2.75) is 19.0 Å². The first-order valence-corrected chi connectivity index (χ1v) is 7.10. The number of hydrogen-bond donors (Lipinski definition) is 0. The highest BCUT2D eigenvalue weighted by atomic mass is 32.2. The average Bonchev–Trinajstić information content (AvgIpc) is 2.69. The van der Waals surface area contributed by atoms with E-state index in [1.807, 2.05) is 32.0 Å². The number of aryl methyl sites for hydroxylation is 2. The molecule has 0 atom stereocenters. The van der Waals surface area contributed by atoms with Crippen LogP contribution in [0.5, 0.6) is 0 Å². The van der Waals surface area contributed by atoms with Gasteiger partial charge in [-0.2, -0.15) is 0 Å². The Bertz CT molecular complexity index is 657. The van der Waals surface area contributed by atoms with Crippen LogP contribution in [0.3, 0.4) is 0 Å². The summed E-state index contributed by atoms with van der Waals surface area (Å²) in [6, 6.07) is 5.91. The van der Waals surface area contributed by atoms with E-state index < -0.39 is 9.84 Å². The Kier molecular flexibility index (Phi) is 2.79. The van der Waals surface area contributed by atoms with E-state index in [9.17, 15) is 8.42 Å². The van der Waals surface area contributed by atoms with E-state index >= 15 is 0 Å². The fraction of sp³-hybridized carbons (Fsp3) is 0.250. The van der Waals surface area contributed by atoms with Gasteiger partial charge >= 0.3 is 0 Å². The quantitative estimate of drug-likeness (QED) is 0.818. The minimum atomic E-state index is -3.32. The minimum Gasteiger partial charge on any atom is -0.290 e. The molecule has 0 unspecified atom stereocenters. The highest BCUT2D eigenvalue weighted by molar-refractivity contribution is 7.90. The molecule has 0 radical (unpaired) electrons. The zero-order valence-corrected chi connectivity index (χ0v) is 10.8. The van der Waals surface area contributed by atoms with Crippen LogP contribution in [-0.2, 0) is 9.84 Å². The van der Waals surface area contributed by atoms with Gasteiger partial charge in [0.25, 0.3) is 0 Å². The molecule has 0 amide bonds. The Balaban J connectivity index is 2.70. The van der Waals surface area contributed by atoms with Crippen LogP contribution in [0.2, 0.25) is 0 Å². The highest BCUT2D eigenvalue weighted by Crippen LogP contribution is 2.19. The second-order valence-corrected chi connectivity index (χ2v) is 6.05. The van der Waals surface area contributed by atoms with Gasteiger partial charge in [0.05, 0.1) is 5.69 Å². The van der Waals surface area contributed by atoms with Crippen molar-refractivity contribution in [2.24, 2.45) is 0 Å². The predicted octanol–water partition coefficient (Wildman–Crippen LogP) is 1.89. The summed E-state index contributed by atoms with van der Waals surface area (Å²) in [5.74, 6) is 0. The molecule has 1 aromatic carbocycles. The molecule has 0 aliphatic heterocycles. The lowest BCUT2D eigenvalue weighted by Gasteiger charge is -2.10. The first kappa shape index (κ1) is 11.9. The van der Waals surface area contributed by atoms with Gasteiger partial charge in [-0.15, -0.1) is 0 Å². The molecule has 0 N–H and O–H groups in total. The topological polar surface area (TPSA) is 52.0 Å². The second kappa shape index (κ2) is 4.00. The van der Waals surface area contributed by atoms with E-state index in [2.05, 4.69) is 4.98 Å². The Morgan fingerprint density at radius 1 is 1.24 bits per heavy atom. The third kappa shape index (κ3) is 2.24. The standard InChI is InChI=1S/C12H14N2O2S/c1-9-4-5-10(2)11(8-9)14-7-6-13-12(14)17(3,15)16/h4-8H,1-3H3. The monoisotopic (exact) mass is 250 g/mol. The zero-order chi connectivity index (χ0) is 12.6. The largest absolute Gasteiger partial charge is 0.290 e. The lowest BCUT2D eigenvalue weighted by molar-refractivity contribution is 0.590. The van der Waals surface area contributed by atoms with Crippen molar-refractivity contribution < 1.29 is 8.42 Å². The van der Waals surface area contributed by atoms with Crippen molar-refractivity contribution in [3.05, 3.63) is 41.7 Å². The van der Waals surface area contributed by atoms with Gasteiger partial charge in [-0.1, -0.05) is 12.1 Å². The second-order valence-electron chi connectivity index (χ2n) is 4.14. The van der Waals surface area contributed by atoms with Crippen LogP contribution in [0.1, 0.15) is 11.1 Å². The molecule has 0 spiro atoms. The SMILES string of the molecule is Cc1ccc(C)c(-n2ccnc2S(C)(=O)=O)c1. The van der Waals surface area contributed by atoms with E-state index in [4.69, 9.17) is 0 Å². The highest BCUT2D eigenvalue weighted by Gasteiger charge is 2.16. The number of hydrogen-bond acceptors (Lipinski definition) is 3. The third-order valence-electron chi connectivity index (χ3n) is 2.56. The maximum Gasteiger partial charge on any atom is 0.231 e. The van der Waals surface area contributed by atoms with Crippen LogP contribution in [0.4, 0.5) is 0 Å². The average molecular weight is 250 g/mol. The summed E-state index contributed by atoms with van der Waals surface area (Å²) in [4.78, 5) is 3.91. The molecule has 0 saturated carbocycles. The van der Waals surface area contributed by atoms with Gasteiger partial charge in [-0.05, 0) is 31.0 Å². The van der Waals surface area contributed by atoms with Crippen molar-refractivity contribution in [3.8, 4) is 5.69 Å². The van der Waals surface area contributed by atoms with E-state index in [1.165, 1.54) is 6.20 Å².